The first kappa shape index (κ1) is 21.4. The number of benzene rings is 2. The number of carbonyl (C=O) groups is 1. The SMILES string of the molecule is CCN1CCN(c2ccccc2NS(=O)(=O)c2ccc(C(=O)OC)cc2Cl)CC1. The largest absolute Gasteiger partial charge is 0.465 e. The van der Waals surface area contributed by atoms with Crippen molar-refractivity contribution in [3.8, 4) is 0 Å². The van der Waals surface area contributed by atoms with Crippen LogP contribution in [0.5, 0.6) is 0 Å². The Morgan fingerprint density at radius 2 is 1.83 bits per heavy atom. The average Bonchev–Trinajstić information content (AvgIpc) is 2.73. The van der Waals surface area contributed by atoms with E-state index in [1.807, 2.05) is 12.1 Å². The van der Waals surface area contributed by atoms with Crippen molar-refractivity contribution >= 4 is 39.0 Å². The quantitative estimate of drug-likeness (QED) is 0.700. The van der Waals surface area contributed by atoms with Crippen molar-refractivity contribution in [1.82, 2.24) is 4.90 Å². The second-order valence-corrected chi connectivity index (χ2v) is 8.74. The van der Waals surface area contributed by atoms with Gasteiger partial charge < -0.3 is 14.5 Å². The van der Waals surface area contributed by atoms with E-state index in [0.29, 0.717) is 5.69 Å². The minimum Gasteiger partial charge on any atom is -0.465 e. The molecule has 2 aromatic rings. The number of rotatable bonds is 6. The number of nitrogens with zero attached hydrogens (tertiary/aromatic N) is 2. The van der Waals surface area contributed by atoms with Crippen LogP contribution in [0.15, 0.2) is 47.4 Å². The van der Waals surface area contributed by atoms with Gasteiger partial charge in [0, 0.05) is 26.2 Å². The first-order chi connectivity index (χ1) is 13.9. The highest BCUT2D eigenvalue weighted by Gasteiger charge is 2.23. The van der Waals surface area contributed by atoms with Crippen LogP contribution in [-0.4, -0.2) is 59.1 Å². The van der Waals surface area contributed by atoms with Crippen LogP contribution >= 0.6 is 11.6 Å². The van der Waals surface area contributed by atoms with Crippen molar-refractivity contribution in [2.45, 2.75) is 11.8 Å². The minimum atomic E-state index is -3.94. The van der Waals surface area contributed by atoms with Crippen molar-refractivity contribution in [2.75, 3.05) is 49.5 Å². The Hall–Kier alpha value is -2.29. The molecule has 3 rings (SSSR count). The lowest BCUT2D eigenvalue weighted by Crippen LogP contribution is -2.46. The van der Waals surface area contributed by atoms with E-state index < -0.39 is 16.0 Å². The van der Waals surface area contributed by atoms with Crippen LogP contribution in [-0.2, 0) is 14.8 Å². The number of halogens is 1. The van der Waals surface area contributed by atoms with Crippen LogP contribution in [0.4, 0.5) is 11.4 Å². The number of sulfonamides is 1. The Balaban J connectivity index is 1.86. The van der Waals surface area contributed by atoms with Gasteiger partial charge in [0.2, 0.25) is 0 Å². The maximum absolute atomic E-state index is 13.0. The summed E-state index contributed by atoms with van der Waals surface area (Å²) >= 11 is 6.16. The van der Waals surface area contributed by atoms with E-state index in [1.54, 1.807) is 12.1 Å². The summed E-state index contributed by atoms with van der Waals surface area (Å²) in [5.41, 5.74) is 1.50. The van der Waals surface area contributed by atoms with Gasteiger partial charge in [0.25, 0.3) is 10.0 Å². The molecule has 7 nitrogen and oxygen atoms in total. The number of hydrogen-bond acceptors (Lipinski definition) is 6. The van der Waals surface area contributed by atoms with E-state index in [9.17, 15) is 13.2 Å². The molecule has 1 aliphatic heterocycles. The van der Waals surface area contributed by atoms with Gasteiger partial charge >= 0.3 is 5.97 Å². The van der Waals surface area contributed by atoms with Crippen molar-refractivity contribution < 1.29 is 17.9 Å². The number of piperazine rings is 1. The van der Waals surface area contributed by atoms with Crippen molar-refractivity contribution in [3.63, 3.8) is 0 Å². The molecule has 0 unspecified atom stereocenters. The Kier molecular flexibility index (Phi) is 6.66. The Labute approximate surface area is 176 Å². The third-order valence-corrected chi connectivity index (χ3v) is 6.80. The monoisotopic (exact) mass is 437 g/mol. The lowest BCUT2D eigenvalue weighted by atomic mass is 10.2. The zero-order chi connectivity index (χ0) is 21.0. The zero-order valence-electron chi connectivity index (χ0n) is 16.4. The molecule has 0 amide bonds. The smallest absolute Gasteiger partial charge is 0.337 e. The van der Waals surface area contributed by atoms with Crippen LogP contribution in [0, 0.1) is 0 Å². The van der Waals surface area contributed by atoms with Gasteiger partial charge in [0.05, 0.1) is 29.1 Å². The van der Waals surface area contributed by atoms with Gasteiger partial charge in [0.1, 0.15) is 4.90 Å². The third-order valence-electron chi connectivity index (χ3n) is 4.95. The van der Waals surface area contributed by atoms with Crippen LogP contribution in [0.1, 0.15) is 17.3 Å². The maximum atomic E-state index is 13.0. The van der Waals surface area contributed by atoms with Gasteiger partial charge in [-0.1, -0.05) is 30.7 Å². The molecular formula is C20H24ClN3O4S. The van der Waals surface area contributed by atoms with E-state index >= 15 is 0 Å². The van der Waals surface area contributed by atoms with E-state index in [4.69, 9.17) is 11.6 Å². The summed E-state index contributed by atoms with van der Waals surface area (Å²) in [6.45, 7) is 6.63. The fraction of sp³-hybridized carbons (Fsp3) is 0.350. The molecule has 9 heteroatoms. The van der Waals surface area contributed by atoms with Crippen LogP contribution in [0.3, 0.4) is 0 Å². The number of nitrogens with one attached hydrogen (secondary N) is 1. The summed E-state index contributed by atoms with van der Waals surface area (Å²) in [6.07, 6.45) is 0. The normalized spacial score (nSPS) is 15.2. The number of anilines is 2. The summed E-state index contributed by atoms with van der Waals surface area (Å²) in [5, 5.41) is -0.0468. The number of likely N-dealkylation sites (N-methyl/N-ethyl adjacent to an activating group) is 1. The fourth-order valence-corrected chi connectivity index (χ4v) is 4.92. The molecule has 0 saturated carbocycles. The van der Waals surface area contributed by atoms with E-state index in [-0.39, 0.29) is 15.5 Å². The molecule has 2 aromatic carbocycles. The minimum absolute atomic E-state index is 0.0468. The number of methoxy groups -OCH3 is 1. The molecule has 0 aliphatic carbocycles. The van der Waals surface area contributed by atoms with Crippen molar-refractivity contribution in [1.29, 1.82) is 0 Å². The standard InChI is InChI=1S/C20H24ClN3O4S/c1-3-23-10-12-24(13-11-23)18-7-5-4-6-17(18)22-29(26,27)19-9-8-15(14-16(19)21)20(25)28-2/h4-9,14,22H,3,10-13H2,1-2H3. The highest BCUT2D eigenvalue weighted by Crippen LogP contribution is 2.31. The molecule has 0 radical (unpaired) electrons. The molecule has 0 spiro atoms. The summed E-state index contributed by atoms with van der Waals surface area (Å²) in [7, 11) is -2.69. The molecule has 156 valence electrons. The van der Waals surface area contributed by atoms with Gasteiger partial charge in [-0.3, -0.25) is 4.72 Å². The first-order valence-electron chi connectivity index (χ1n) is 9.32. The highest BCUT2D eigenvalue weighted by molar-refractivity contribution is 7.92. The average molecular weight is 438 g/mol. The lowest BCUT2D eigenvalue weighted by molar-refractivity contribution is 0.0600. The molecule has 29 heavy (non-hydrogen) atoms. The van der Waals surface area contributed by atoms with E-state index in [2.05, 4.69) is 26.2 Å². The number of hydrogen-bond donors (Lipinski definition) is 1. The number of para-hydroxylation sites is 2. The fourth-order valence-electron chi connectivity index (χ4n) is 3.30. The Morgan fingerprint density at radius 3 is 2.45 bits per heavy atom. The van der Waals surface area contributed by atoms with Gasteiger partial charge in [0.15, 0.2) is 0 Å². The van der Waals surface area contributed by atoms with E-state index in [1.165, 1.54) is 25.3 Å². The molecule has 1 saturated heterocycles. The molecular weight excluding hydrogens is 414 g/mol. The first-order valence-corrected chi connectivity index (χ1v) is 11.2. The van der Waals surface area contributed by atoms with Gasteiger partial charge in [-0.05, 0) is 36.9 Å². The number of esters is 1. The van der Waals surface area contributed by atoms with Gasteiger partial charge in [-0.25, -0.2) is 13.2 Å². The summed E-state index contributed by atoms with van der Waals surface area (Å²) in [4.78, 5) is 16.1. The Morgan fingerprint density at radius 1 is 1.14 bits per heavy atom. The maximum Gasteiger partial charge on any atom is 0.337 e. The van der Waals surface area contributed by atoms with Crippen LogP contribution < -0.4 is 9.62 Å². The second kappa shape index (κ2) is 9.02. The van der Waals surface area contributed by atoms with Gasteiger partial charge in [-0.2, -0.15) is 0 Å². The summed E-state index contributed by atoms with van der Waals surface area (Å²) in [5.74, 6) is -0.583. The van der Waals surface area contributed by atoms with Crippen molar-refractivity contribution in [2.24, 2.45) is 0 Å². The molecule has 0 aromatic heterocycles. The lowest BCUT2D eigenvalue weighted by Gasteiger charge is -2.36. The third kappa shape index (κ3) is 4.83. The van der Waals surface area contributed by atoms with Crippen LogP contribution in [0.25, 0.3) is 0 Å². The van der Waals surface area contributed by atoms with Crippen LogP contribution in [0.2, 0.25) is 5.02 Å². The molecule has 1 N–H and O–H groups in total. The Bertz CT molecular complexity index is 989. The molecule has 1 aliphatic rings. The number of ether oxygens (including phenoxy) is 1. The highest BCUT2D eigenvalue weighted by atomic mass is 35.5. The van der Waals surface area contributed by atoms with Gasteiger partial charge in [-0.15, -0.1) is 0 Å². The molecule has 1 heterocycles. The zero-order valence-corrected chi connectivity index (χ0v) is 18.0. The number of carbonyl (C=O) groups excluding carboxylic acids is 1. The second-order valence-electron chi connectivity index (χ2n) is 6.68. The summed E-state index contributed by atoms with van der Waals surface area (Å²) in [6, 6.07) is 11.3. The predicted octanol–water partition coefficient (Wildman–Crippen LogP) is 3.07. The predicted molar refractivity (Wildman–Crippen MR) is 114 cm³/mol. The molecule has 1 fully saturated rings. The van der Waals surface area contributed by atoms with E-state index in [0.717, 1.165) is 38.4 Å². The molecule has 0 atom stereocenters. The topological polar surface area (TPSA) is 79.0 Å². The molecule has 0 bridgehead atoms. The van der Waals surface area contributed by atoms with Crippen molar-refractivity contribution in [3.05, 3.63) is 53.1 Å². The summed E-state index contributed by atoms with van der Waals surface area (Å²) < 4.78 is 33.2.